The lowest BCUT2D eigenvalue weighted by Gasteiger charge is -2.31. The standard InChI is InChI=1S/C14H14Cl2N2O4S/c15-8-3-4-9(11(16)6-8)13-10(14(21)22)7-18(23-17-13)5-1-2-12(19)20/h3-4,6-7,13,17H,1-2,5H2,(H,19,20)(H,21,22). The first-order valence-electron chi connectivity index (χ1n) is 6.69. The summed E-state index contributed by atoms with van der Waals surface area (Å²) in [6, 6.07) is 4.30. The van der Waals surface area contributed by atoms with Crippen molar-refractivity contribution in [1.29, 1.82) is 0 Å². The number of carbonyl (C=O) groups is 2. The average Bonchev–Trinajstić information content (AvgIpc) is 2.47. The Kier molecular flexibility index (Phi) is 6.17. The van der Waals surface area contributed by atoms with Crippen LogP contribution in [0, 0.1) is 0 Å². The quantitative estimate of drug-likeness (QED) is 0.655. The van der Waals surface area contributed by atoms with Gasteiger partial charge in [0.1, 0.15) is 0 Å². The summed E-state index contributed by atoms with van der Waals surface area (Å²) in [6.07, 6.45) is 1.94. The molecule has 1 aromatic carbocycles. The van der Waals surface area contributed by atoms with Crippen molar-refractivity contribution >= 4 is 47.3 Å². The van der Waals surface area contributed by atoms with Crippen LogP contribution in [0.1, 0.15) is 24.4 Å². The molecule has 0 aromatic heterocycles. The van der Waals surface area contributed by atoms with Gasteiger partial charge in [-0.15, -0.1) is 0 Å². The van der Waals surface area contributed by atoms with Crippen LogP contribution in [0.3, 0.4) is 0 Å². The van der Waals surface area contributed by atoms with E-state index in [1.165, 1.54) is 18.3 Å². The molecule has 124 valence electrons. The van der Waals surface area contributed by atoms with Gasteiger partial charge < -0.3 is 14.5 Å². The normalized spacial score (nSPS) is 17.7. The number of halogens is 2. The van der Waals surface area contributed by atoms with E-state index in [4.69, 9.17) is 28.3 Å². The number of rotatable bonds is 6. The predicted octanol–water partition coefficient (Wildman–Crippen LogP) is 3.34. The van der Waals surface area contributed by atoms with Gasteiger partial charge in [-0.3, -0.25) is 4.79 Å². The summed E-state index contributed by atoms with van der Waals surface area (Å²) in [5.41, 5.74) is 0.741. The van der Waals surface area contributed by atoms with Gasteiger partial charge in [0.15, 0.2) is 0 Å². The third kappa shape index (κ3) is 4.78. The largest absolute Gasteiger partial charge is 0.481 e. The fourth-order valence-corrected chi connectivity index (χ4v) is 3.48. The first-order valence-corrected chi connectivity index (χ1v) is 8.22. The molecule has 0 saturated carbocycles. The van der Waals surface area contributed by atoms with Gasteiger partial charge in [0, 0.05) is 41.3 Å². The van der Waals surface area contributed by atoms with Crippen LogP contribution in [0.15, 0.2) is 30.0 Å². The average molecular weight is 377 g/mol. The van der Waals surface area contributed by atoms with Crippen molar-refractivity contribution in [3.8, 4) is 0 Å². The Morgan fingerprint density at radius 1 is 1.30 bits per heavy atom. The summed E-state index contributed by atoms with van der Waals surface area (Å²) in [7, 11) is 0. The van der Waals surface area contributed by atoms with Gasteiger partial charge in [-0.1, -0.05) is 29.3 Å². The molecule has 3 N–H and O–H groups in total. The first-order chi connectivity index (χ1) is 10.9. The molecule has 0 fully saturated rings. The van der Waals surface area contributed by atoms with Gasteiger partial charge in [-0.2, -0.15) is 0 Å². The Hall–Kier alpha value is -1.41. The maximum absolute atomic E-state index is 11.5. The van der Waals surface area contributed by atoms with E-state index in [1.807, 2.05) is 0 Å². The molecule has 0 aliphatic carbocycles. The number of nitrogens with one attached hydrogen (secondary N) is 1. The summed E-state index contributed by atoms with van der Waals surface area (Å²) in [6.45, 7) is 0.418. The molecule has 0 bridgehead atoms. The van der Waals surface area contributed by atoms with Crippen molar-refractivity contribution in [2.75, 3.05) is 6.54 Å². The van der Waals surface area contributed by atoms with Gasteiger partial charge >= 0.3 is 11.9 Å². The van der Waals surface area contributed by atoms with E-state index in [2.05, 4.69) is 4.72 Å². The molecule has 1 atom stereocenters. The summed E-state index contributed by atoms with van der Waals surface area (Å²) < 4.78 is 4.69. The molecule has 0 radical (unpaired) electrons. The van der Waals surface area contributed by atoms with Crippen LogP contribution in [0.2, 0.25) is 10.0 Å². The lowest BCUT2D eigenvalue weighted by Crippen LogP contribution is -2.32. The monoisotopic (exact) mass is 376 g/mol. The molecule has 0 amide bonds. The molecule has 9 heteroatoms. The number of hydrogen-bond donors (Lipinski definition) is 3. The van der Waals surface area contributed by atoms with Gasteiger partial charge in [-0.05, 0) is 24.1 Å². The number of hydrogen-bond acceptors (Lipinski definition) is 5. The minimum atomic E-state index is -1.07. The second-order valence-corrected chi connectivity index (χ2v) is 6.57. The predicted molar refractivity (Wildman–Crippen MR) is 89.2 cm³/mol. The van der Waals surface area contributed by atoms with Gasteiger partial charge in [0.25, 0.3) is 0 Å². The molecule has 0 spiro atoms. The van der Waals surface area contributed by atoms with E-state index in [0.29, 0.717) is 28.6 Å². The number of aliphatic carboxylic acids is 2. The van der Waals surface area contributed by atoms with Crippen LogP contribution >= 0.6 is 35.3 Å². The molecular weight excluding hydrogens is 363 g/mol. The zero-order valence-electron chi connectivity index (χ0n) is 11.8. The highest BCUT2D eigenvalue weighted by atomic mass is 35.5. The molecule has 1 aromatic rings. The van der Waals surface area contributed by atoms with Crippen LogP contribution in [0.4, 0.5) is 0 Å². The topological polar surface area (TPSA) is 89.9 Å². The fourth-order valence-electron chi connectivity index (χ4n) is 2.08. The molecule has 6 nitrogen and oxygen atoms in total. The Balaban J connectivity index is 2.19. The summed E-state index contributed by atoms with van der Waals surface area (Å²) >= 11 is 13.2. The first kappa shape index (κ1) is 17.9. The third-order valence-electron chi connectivity index (χ3n) is 3.17. The Morgan fingerprint density at radius 3 is 2.65 bits per heavy atom. The zero-order chi connectivity index (χ0) is 17.0. The molecule has 1 heterocycles. The van der Waals surface area contributed by atoms with Crippen LogP contribution in [0.25, 0.3) is 0 Å². The minimum Gasteiger partial charge on any atom is -0.481 e. The maximum atomic E-state index is 11.5. The van der Waals surface area contributed by atoms with Crippen LogP contribution in [-0.2, 0) is 9.59 Å². The van der Waals surface area contributed by atoms with Crippen molar-refractivity contribution in [2.24, 2.45) is 0 Å². The van der Waals surface area contributed by atoms with Crippen LogP contribution in [-0.4, -0.2) is 33.0 Å². The number of carboxylic acid groups (broad SMARTS) is 2. The van der Waals surface area contributed by atoms with E-state index in [-0.39, 0.29) is 12.0 Å². The fraction of sp³-hybridized carbons (Fsp3) is 0.286. The van der Waals surface area contributed by atoms with Crippen molar-refractivity contribution in [1.82, 2.24) is 9.03 Å². The van der Waals surface area contributed by atoms with E-state index < -0.39 is 18.0 Å². The Bertz CT molecular complexity index is 654. The lowest BCUT2D eigenvalue weighted by atomic mass is 10.00. The van der Waals surface area contributed by atoms with Gasteiger partial charge in [-0.25, -0.2) is 9.52 Å². The summed E-state index contributed by atoms with van der Waals surface area (Å²) in [5, 5.41) is 18.9. The van der Waals surface area contributed by atoms with E-state index in [0.717, 1.165) is 0 Å². The van der Waals surface area contributed by atoms with Crippen LogP contribution < -0.4 is 4.72 Å². The zero-order valence-corrected chi connectivity index (χ0v) is 14.2. The molecular formula is C14H14Cl2N2O4S. The molecule has 1 aliphatic heterocycles. The Labute approximate surface area is 147 Å². The molecule has 1 aliphatic rings. The SMILES string of the molecule is O=C(O)CCCN1C=C(C(=O)O)C(c2ccc(Cl)cc2Cl)NS1. The summed E-state index contributed by atoms with van der Waals surface area (Å²) in [4.78, 5) is 22.1. The van der Waals surface area contributed by atoms with Crippen molar-refractivity contribution in [3.63, 3.8) is 0 Å². The highest BCUT2D eigenvalue weighted by Crippen LogP contribution is 2.35. The number of carboxylic acids is 2. The van der Waals surface area contributed by atoms with Crippen molar-refractivity contribution in [2.45, 2.75) is 18.9 Å². The van der Waals surface area contributed by atoms with E-state index >= 15 is 0 Å². The second kappa shape index (κ2) is 7.92. The highest BCUT2D eigenvalue weighted by molar-refractivity contribution is 7.95. The summed E-state index contributed by atoms with van der Waals surface area (Å²) in [5.74, 6) is -1.95. The second-order valence-electron chi connectivity index (χ2n) is 4.84. The number of nitrogens with zero attached hydrogens (tertiary/aromatic N) is 1. The Morgan fingerprint density at radius 2 is 2.04 bits per heavy atom. The maximum Gasteiger partial charge on any atom is 0.335 e. The van der Waals surface area contributed by atoms with E-state index in [1.54, 1.807) is 22.5 Å². The molecule has 23 heavy (non-hydrogen) atoms. The van der Waals surface area contributed by atoms with Gasteiger partial charge in [0.05, 0.1) is 11.6 Å². The molecule has 2 rings (SSSR count). The smallest absolute Gasteiger partial charge is 0.335 e. The van der Waals surface area contributed by atoms with E-state index in [9.17, 15) is 14.7 Å². The third-order valence-corrected chi connectivity index (χ3v) is 4.60. The lowest BCUT2D eigenvalue weighted by molar-refractivity contribution is -0.137. The highest BCUT2D eigenvalue weighted by Gasteiger charge is 2.29. The van der Waals surface area contributed by atoms with Gasteiger partial charge in [0.2, 0.25) is 0 Å². The van der Waals surface area contributed by atoms with Crippen LogP contribution in [0.5, 0.6) is 0 Å². The van der Waals surface area contributed by atoms with Crippen molar-refractivity contribution < 1.29 is 19.8 Å². The minimum absolute atomic E-state index is 0.0275. The number of benzene rings is 1. The van der Waals surface area contributed by atoms with Crippen molar-refractivity contribution in [3.05, 3.63) is 45.6 Å². The molecule has 0 saturated heterocycles. The molecule has 1 unspecified atom stereocenters.